The van der Waals surface area contributed by atoms with Crippen molar-refractivity contribution in [2.75, 3.05) is 7.11 Å². The maximum atomic E-state index is 5.99. The average Bonchev–Trinajstić information content (AvgIpc) is 3.53. The summed E-state index contributed by atoms with van der Waals surface area (Å²) < 4.78 is 19.0. The van der Waals surface area contributed by atoms with E-state index in [0.717, 1.165) is 34.6 Å². The van der Waals surface area contributed by atoms with Crippen LogP contribution in [-0.2, 0) is 19.4 Å². The summed E-state index contributed by atoms with van der Waals surface area (Å²) in [6.45, 7) is 2.60. The number of rotatable bonds is 5. The second kappa shape index (κ2) is 7.63. The quantitative estimate of drug-likeness (QED) is 0.364. The summed E-state index contributed by atoms with van der Waals surface area (Å²) in [5.74, 6) is 3.93. The first-order chi connectivity index (χ1) is 15.7. The van der Waals surface area contributed by atoms with Gasteiger partial charge in [-0.2, -0.15) is 0 Å². The highest BCUT2D eigenvalue weighted by Gasteiger charge is 2.24. The average molecular weight is 447 g/mol. The number of furan rings is 1. The lowest BCUT2D eigenvalue weighted by Crippen LogP contribution is -2.08. The number of aryl methyl sites for hydroxylation is 1. The zero-order valence-corrected chi connectivity index (χ0v) is 18.7. The van der Waals surface area contributed by atoms with Crippen LogP contribution in [0.25, 0.3) is 27.4 Å². The van der Waals surface area contributed by atoms with Crippen molar-refractivity contribution in [3.05, 3.63) is 58.9 Å². The molecule has 1 atom stereocenters. The van der Waals surface area contributed by atoms with Crippen LogP contribution in [0.5, 0.6) is 11.5 Å². The minimum atomic E-state index is 0.287. The number of benzene rings is 1. The molecule has 1 aliphatic rings. The minimum absolute atomic E-state index is 0.287. The van der Waals surface area contributed by atoms with E-state index in [4.69, 9.17) is 18.9 Å². The van der Waals surface area contributed by atoms with Gasteiger partial charge in [-0.1, -0.05) is 19.1 Å². The molecule has 0 radical (unpaired) electrons. The molecule has 0 saturated carbocycles. The summed E-state index contributed by atoms with van der Waals surface area (Å²) in [4.78, 5) is 12.0. The third-order valence-electron chi connectivity index (χ3n) is 5.95. The molecule has 1 aliphatic carbocycles. The number of fused-ring (bicyclic) bond motifs is 5. The van der Waals surface area contributed by atoms with Crippen molar-refractivity contribution >= 4 is 27.2 Å². The largest absolute Gasteiger partial charge is 0.493 e. The van der Waals surface area contributed by atoms with E-state index in [1.807, 2.05) is 36.4 Å². The molecule has 7 nitrogen and oxygen atoms in total. The fraction of sp³-hybridized carbons (Fsp3) is 0.292. The molecule has 0 spiro atoms. The summed E-state index contributed by atoms with van der Waals surface area (Å²) in [7, 11) is 1.62. The number of aromatic nitrogens is 4. The highest BCUT2D eigenvalue weighted by atomic mass is 32.1. The van der Waals surface area contributed by atoms with Gasteiger partial charge in [0.15, 0.2) is 22.9 Å². The zero-order valence-electron chi connectivity index (χ0n) is 17.9. The third-order valence-corrected chi connectivity index (χ3v) is 7.12. The monoisotopic (exact) mass is 446 g/mol. The van der Waals surface area contributed by atoms with Gasteiger partial charge in [-0.15, -0.1) is 16.4 Å². The SMILES string of the molecule is COc1ccccc1OCc1ccc(-c2nc3c4c5c(sc4ncn3n2)CC(C)CC5)o1. The van der Waals surface area contributed by atoms with Gasteiger partial charge < -0.3 is 13.9 Å². The minimum Gasteiger partial charge on any atom is -0.493 e. The number of hydrogen-bond acceptors (Lipinski definition) is 7. The van der Waals surface area contributed by atoms with Crippen LogP contribution in [0.15, 0.2) is 47.1 Å². The zero-order chi connectivity index (χ0) is 21.7. The normalized spacial score (nSPS) is 15.9. The molecule has 6 rings (SSSR count). The molecule has 0 amide bonds. The lowest BCUT2D eigenvalue weighted by atomic mass is 9.89. The van der Waals surface area contributed by atoms with Crippen LogP contribution in [0, 0.1) is 5.92 Å². The first-order valence-electron chi connectivity index (χ1n) is 10.7. The number of methoxy groups -OCH3 is 1. The van der Waals surface area contributed by atoms with E-state index >= 15 is 0 Å². The van der Waals surface area contributed by atoms with Crippen molar-refractivity contribution in [1.82, 2.24) is 19.6 Å². The Morgan fingerprint density at radius 1 is 1.19 bits per heavy atom. The lowest BCUT2D eigenvalue weighted by molar-refractivity contribution is 0.257. The smallest absolute Gasteiger partial charge is 0.217 e. The van der Waals surface area contributed by atoms with E-state index < -0.39 is 0 Å². The van der Waals surface area contributed by atoms with Gasteiger partial charge in [-0.25, -0.2) is 14.5 Å². The predicted octanol–water partition coefficient (Wildman–Crippen LogP) is 5.31. The van der Waals surface area contributed by atoms with E-state index in [1.165, 1.54) is 16.9 Å². The van der Waals surface area contributed by atoms with E-state index in [-0.39, 0.29) is 6.61 Å². The van der Waals surface area contributed by atoms with Crippen molar-refractivity contribution in [1.29, 1.82) is 0 Å². The first-order valence-corrected chi connectivity index (χ1v) is 11.5. The van der Waals surface area contributed by atoms with Crippen LogP contribution < -0.4 is 9.47 Å². The number of hydrogen-bond donors (Lipinski definition) is 0. The maximum Gasteiger partial charge on any atom is 0.217 e. The van der Waals surface area contributed by atoms with Crippen LogP contribution >= 0.6 is 11.3 Å². The van der Waals surface area contributed by atoms with Crippen LogP contribution in [0.4, 0.5) is 0 Å². The Labute approximate surface area is 188 Å². The molecule has 0 bridgehead atoms. The molecule has 4 aromatic heterocycles. The fourth-order valence-electron chi connectivity index (χ4n) is 4.31. The summed E-state index contributed by atoms with van der Waals surface area (Å²) >= 11 is 1.79. The molecule has 5 aromatic rings. The van der Waals surface area contributed by atoms with Crippen molar-refractivity contribution < 1.29 is 13.9 Å². The Bertz CT molecular complexity index is 1430. The molecule has 8 heteroatoms. The van der Waals surface area contributed by atoms with Gasteiger partial charge in [0.25, 0.3) is 0 Å². The molecule has 0 fully saturated rings. The van der Waals surface area contributed by atoms with E-state index in [0.29, 0.717) is 28.8 Å². The molecular formula is C24H22N4O3S. The van der Waals surface area contributed by atoms with Gasteiger partial charge in [-0.3, -0.25) is 0 Å². The number of ether oxygens (including phenoxy) is 2. The summed E-state index contributed by atoms with van der Waals surface area (Å²) in [6.07, 6.45) is 5.14. The van der Waals surface area contributed by atoms with Gasteiger partial charge >= 0.3 is 0 Å². The molecular weight excluding hydrogens is 424 g/mol. The molecule has 0 N–H and O–H groups in total. The van der Waals surface area contributed by atoms with Crippen LogP contribution in [-0.4, -0.2) is 26.7 Å². The second-order valence-corrected chi connectivity index (χ2v) is 9.27. The Hall–Kier alpha value is -3.39. The molecule has 0 aliphatic heterocycles. The van der Waals surface area contributed by atoms with Gasteiger partial charge in [0.05, 0.1) is 12.5 Å². The summed E-state index contributed by atoms with van der Waals surface area (Å²) in [5, 5.41) is 5.77. The molecule has 1 unspecified atom stereocenters. The number of thiophene rings is 1. The number of para-hydroxylation sites is 2. The fourth-order valence-corrected chi connectivity index (χ4v) is 5.65. The van der Waals surface area contributed by atoms with E-state index in [9.17, 15) is 0 Å². The standard InChI is InChI=1S/C24H22N4O3S/c1-14-7-9-16-20(11-14)32-24-21(16)23-26-22(27-28(23)13-25-24)19-10-8-15(31-19)12-30-18-6-4-3-5-17(18)29-2/h3-6,8,10,13-14H,7,9,11-12H2,1-2H3. The lowest BCUT2D eigenvalue weighted by Gasteiger charge is -2.17. The second-order valence-electron chi connectivity index (χ2n) is 8.19. The Balaban J connectivity index is 1.31. The van der Waals surface area contributed by atoms with E-state index in [1.54, 1.807) is 29.3 Å². The molecule has 32 heavy (non-hydrogen) atoms. The predicted molar refractivity (Wildman–Crippen MR) is 122 cm³/mol. The summed E-state index contributed by atoms with van der Waals surface area (Å²) in [5.41, 5.74) is 2.24. The molecule has 1 aromatic carbocycles. The van der Waals surface area contributed by atoms with Crippen LogP contribution in [0.1, 0.15) is 29.5 Å². The van der Waals surface area contributed by atoms with Crippen molar-refractivity contribution in [3.63, 3.8) is 0 Å². The van der Waals surface area contributed by atoms with Gasteiger partial charge in [0.1, 0.15) is 23.5 Å². The van der Waals surface area contributed by atoms with Crippen molar-refractivity contribution in [3.8, 4) is 23.1 Å². The summed E-state index contributed by atoms with van der Waals surface area (Å²) in [6, 6.07) is 11.3. The van der Waals surface area contributed by atoms with Crippen molar-refractivity contribution in [2.45, 2.75) is 32.8 Å². The molecule has 4 heterocycles. The Morgan fingerprint density at radius 3 is 2.94 bits per heavy atom. The third kappa shape index (κ3) is 3.22. The van der Waals surface area contributed by atoms with Gasteiger partial charge in [0.2, 0.25) is 5.82 Å². The first kappa shape index (κ1) is 19.3. The van der Waals surface area contributed by atoms with Crippen LogP contribution in [0.3, 0.4) is 0 Å². The van der Waals surface area contributed by atoms with Crippen LogP contribution in [0.2, 0.25) is 0 Å². The molecule has 162 valence electrons. The van der Waals surface area contributed by atoms with Gasteiger partial charge in [0, 0.05) is 4.88 Å². The molecule has 0 saturated heterocycles. The maximum absolute atomic E-state index is 5.99. The van der Waals surface area contributed by atoms with Gasteiger partial charge in [-0.05, 0) is 55.0 Å². The topological polar surface area (TPSA) is 74.7 Å². The highest BCUT2D eigenvalue weighted by Crippen LogP contribution is 2.39. The Kier molecular flexibility index (Phi) is 4.61. The van der Waals surface area contributed by atoms with Crippen molar-refractivity contribution in [2.24, 2.45) is 5.92 Å². The Morgan fingerprint density at radius 2 is 2.06 bits per heavy atom. The van der Waals surface area contributed by atoms with E-state index in [2.05, 4.69) is 17.0 Å². The number of nitrogens with zero attached hydrogens (tertiary/aromatic N) is 4. The highest BCUT2D eigenvalue weighted by molar-refractivity contribution is 7.19.